The van der Waals surface area contributed by atoms with E-state index in [2.05, 4.69) is 28.2 Å². The van der Waals surface area contributed by atoms with Gasteiger partial charge in [0.05, 0.1) is 18.2 Å². The van der Waals surface area contributed by atoms with E-state index in [1.165, 1.54) is 6.42 Å². The second-order valence-corrected chi connectivity index (χ2v) is 12.0. The molecule has 1 aliphatic carbocycles. The Bertz CT molecular complexity index is 1200. The normalized spacial score (nSPS) is 17.7. The van der Waals surface area contributed by atoms with Crippen molar-refractivity contribution < 1.29 is 19.5 Å². The van der Waals surface area contributed by atoms with Gasteiger partial charge in [-0.15, -0.1) is 0 Å². The molecular formula is C34H49N5O4. The molecule has 4 rings (SSSR count). The van der Waals surface area contributed by atoms with Gasteiger partial charge in [-0.25, -0.2) is 0 Å². The summed E-state index contributed by atoms with van der Waals surface area (Å²) in [4.78, 5) is 40.7. The van der Waals surface area contributed by atoms with Crippen LogP contribution in [0.3, 0.4) is 0 Å². The van der Waals surface area contributed by atoms with Crippen molar-refractivity contribution in [2.75, 3.05) is 29.9 Å². The number of carbonyl (C=O) groups excluding carboxylic acids is 3. The number of hydrogen-bond acceptors (Lipinski definition) is 6. The highest BCUT2D eigenvalue weighted by Crippen LogP contribution is 2.27. The molecule has 9 nitrogen and oxygen atoms in total. The molecule has 2 aliphatic rings. The third-order valence-electron chi connectivity index (χ3n) is 8.48. The molecule has 1 unspecified atom stereocenters. The van der Waals surface area contributed by atoms with Crippen molar-refractivity contribution in [3.05, 3.63) is 59.7 Å². The Hall–Kier alpha value is -3.43. The lowest BCUT2D eigenvalue weighted by molar-refractivity contribution is -0.123. The van der Waals surface area contributed by atoms with Crippen molar-refractivity contribution in [3.8, 4) is 0 Å². The Morgan fingerprint density at radius 1 is 1.05 bits per heavy atom. The molecule has 3 atom stereocenters. The lowest BCUT2D eigenvalue weighted by atomic mass is 9.95. The van der Waals surface area contributed by atoms with E-state index < -0.39 is 18.2 Å². The summed E-state index contributed by atoms with van der Waals surface area (Å²) < 4.78 is 0. The summed E-state index contributed by atoms with van der Waals surface area (Å²) in [5.74, 6) is -0.337. The first kappa shape index (κ1) is 32.5. The largest absolute Gasteiger partial charge is 0.390 e. The van der Waals surface area contributed by atoms with Gasteiger partial charge in [0.1, 0.15) is 0 Å². The molecule has 1 heterocycles. The second kappa shape index (κ2) is 16.4. The Balaban J connectivity index is 1.46. The van der Waals surface area contributed by atoms with E-state index in [0.29, 0.717) is 30.6 Å². The van der Waals surface area contributed by atoms with Crippen LogP contribution in [0.15, 0.2) is 48.5 Å². The molecule has 234 valence electrons. The minimum Gasteiger partial charge on any atom is -0.390 e. The standard InChI is InChI=1S/C34H49N5O4/c1-3-4-17-35-28-20-26(21-29(22-28)39-18-11-16-32(39)41)34(43)38-30(19-25-12-7-5-8-13-25)31(40)23-36-24(2)33(42)37-27-14-9-6-10-15-27/h5,7-8,12-13,20-22,24,27,30-31,35-36,40H,3-4,6,9-11,14-19,23H2,1-2H3,(H,37,42)(H,38,43)/t24-,30?,31+/m0/s1. The molecule has 3 amide bonds. The number of unbranched alkanes of at least 4 members (excludes halogenated alkanes) is 1. The number of nitrogens with zero attached hydrogens (tertiary/aromatic N) is 1. The van der Waals surface area contributed by atoms with Crippen molar-refractivity contribution >= 4 is 29.1 Å². The topological polar surface area (TPSA) is 123 Å². The monoisotopic (exact) mass is 591 g/mol. The maximum Gasteiger partial charge on any atom is 0.251 e. The summed E-state index contributed by atoms with van der Waals surface area (Å²) in [7, 11) is 0. The maximum absolute atomic E-state index is 13.7. The van der Waals surface area contributed by atoms with Crippen LogP contribution in [-0.2, 0) is 16.0 Å². The van der Waals surface area contributed by atoms with Crippen LogP contribution in [0.25, 0.3) is 0 Å². The van der Waals surface area contributed by atoms with Gasteiger partial charge in [-0.1, -0.05) is 62.9 Å². The summed E-state index contributed by atoms with van der Waals surface area (Å²) in [5.41, 5.74) is 2.90. The van der Waals surface area contributed by atoms with Crippen LogP contribution in [-0.4, -0.2) is 66.7 Å². The lowest BCUT2D eigenvalue weighted by Gasteiger charge is -2.28. The van der Waals surface area contributed by atoms with Crippen LogP contribution in [0.5, 0.6) is 0 Å². The van der Waals surface area contributed by atoms with Crippen molar-refractivity contribution in [3.63, 3.8) is 0 Å². The predicted molar refractivity (Wildman–Crippen MR) is 171 cm³/mol. The quantitative estimate of drug-likeness (QED) is 0.198. The van der Waals surface area contributed by atoms with E-state index in [-0.39, 0.29) is 30.3 Å². The van der Waals surface area contributed by atoms with Crippen molar-refractivity contribution in [1.29, 1.82) is 0 Å². The summed E-state index contributed by atoms with van der Waals surface area (Å²) >= 11 is 0. The molecular weight excluding hydrogens is 542 g/mol. The van der Waals surface area contributed by atoms with Gasteiger partial charge in [-0.2, -0.15) is 0 Å². The van der Waals surface area contributed by atoms with E-state index >= 15 is 0 Å². The second-order valence-electron chi connectivity index (χ2n) is 12.0. The molecule has 0 aromatic heterocycles. The van der Waals surface area contributed by atoms with Crippen LogP contribution in [0, 0.1) is 0 Å². The molecule has 1 saturated carbocycles. The Labute approximate surface area is 256 Å². The van der Waals surface area contributed by atoms with Crippen LogP contribution in [0.4, 0.5) is 11.4 Å². The summed E-state index contributed by atoms with van der Waals surface area (Å²) in [6.07, 6.45) is 8.32. The van der Waals surface area contributed by atoms with Gasteiger partial charge in [0.15, 0.2) is 0 Å². The third kappa shape index (κ3) is 9.79. The highest BCUT2D eigenvalue weighted by Gasteiger charge is 2.27. The van der Waals surface area contributed by atoms with Crippen molar-refractivity contribution in [2.24, 2.45) is 0 Å². The van der Waals surface area contributed by atoms with E-state index in [1.807, 2.05) is 36.4 Å². The first-order valence-electron chi connectivity index (χ1n) is 16.1. The van der Waals surface area contributed by atoms with E-state index in [1.54, 1.807) is 24.0 Å². The summed E-state index contributed by atoms with van der Waals surface area (Å²) in [6, 6.07) is 14.3. The van der Waals surface area contributed by atoms with E-state index in [4.69, 9.17) is 0 Å². The number of benzene rings is 2. The summed E-state index contributed by atoms with van der Waals surface area (Å²) in [6.45, 7) is 5.46. The fourth-order valence-electron chi connectivity index (χ4n) is 5.84. The van der Waals surface area contributed by atoms with Gasteiger partial charge in [-0.05, 0) is 62.8 Å². The fourth-order valence-corrected chi connectivity index (χ4v) is 5.84. The minimum atomic E-state index is -0.945. The highest BCUT2D eigenvalue weighted by atomic mass is 16.3. The first-order chi connectivity index (χ1) is 20.8. The summed E-state index contributed by atoms with van der Waals surface area (Å²) in [5, 5.41) is 24.1. The lowest BCUT2D eigenvalue weighted by Crippen LogP contribution is -2.53. The van der Waals surface area contributed by atoms with Gasteiger partial charge < -0.3 is 31.3 Å². The minimum absolute atomic E-state index is 0.0576. The molecule has 2 aromatic carbocycles. The molecule has 2 fully saturated rings. The number of aliphatic hydroxyl groups excluding tert-OH is 1. The number of hydrogen-bond donors (Lipinski definition) is 5. The third-order valence-corrected chi connectivity index (χ3v) is 8.48. The molecule has 9 heteroatoms. The van der Waals surface area contributed by atoms with E-state index in [0.717, 1.165) is 62.7 Å². The number of nitrogens with one attached hydrogen (secondary N) is 4. The zero-order chi connectivity index (χ0) is 30.6. The van der Waals surface area contributed by atoms with Crippen LogP contribution >= 0.6 is 0 Å². The van der Waals surface area contributed by atoms with E-state index in [9.17, 15) is 19.5 Å². The van der Waals surface area contributed by atoms with Gasteiger partial charge in [0.2, 0.25) is 11.8 Å². The predicted octanol–water partition coefficient (Wildman–Crippen LogP) is 4.15. The van der Waals surface area contributed by atoms with Gasteiger partial charge in [0.25, 0.3) is 5.91 Å². The number of amides is 3. The van der Waals surface area contributed by atoms with Crippen LogP contribution < -0.4 is 26.2 Å². The van der Waals surface area contributed by atoms with Gasteiger partial charge >= 0.3 is 0 Å². The van der Waals surface area contributed by atoms with Gasteiger partial charge in [-0.3, -0.25) is 14.4 Å². The Kier molecular flexibility index (Phi) is 12.4. The number of anilines is 2. The number of rotatable bonds is 15. The molecule has 0 radical (unpaired) electrons. The van der Waals surface area contributed by atoms with Crippen LogP contribution in [0.1, 0.15) is 87.6 Å². The smallest absolute Gasteiger partial charge is 0.251 e. The molecule has 2 aromatic rings. The highest BCUT2D eigenvalue weighted by molar-refractivity contribution is 6.00. The Morgan fingerprint density at radius 3 is 2.51 bits per heavy atom. The molecule has 0 bridgehead atoms. The maximum atomic E-state index is 13.7. The molecule has 1 aliphatic heterocycles. The zero-order valence-electron chi connectivity index (χ0n) is 25.7. The fraction of sp³-hybridized carbons (Fsp3) is 0.559. The van der Waals surface area contributed by atoms with Gasteiger partial charge in [0, 0.05) is 49.0 Å². The van der Waals surface area contributed by atoms with Crippen molar-refractivity contribution in [2.45, 2.75) is 102 Å². The average Bonchev–Trinajstić information content (AvgIpc) is 3.46. The number of aliphatic hydroxyl groups is 1. The Morgan fingerprint density at radius 2 is 1.81 bits per heavy atom. The zero-order valence-corrected chi connectivity index (χ0v) is 25.7. The first-order valence-corrected chi connectivity index (χ1v) is 16.1. The molecule has 0 spiro atoms. The number of carbonyl (C=O) groups is 3. The SMILES string of the molecule is CCCCNc1cc(C(=O)NC(Cc2ccccc2)[C@H](O)CN[C@@H](C)C(=O)NC2CCCCC2)cc(N2CCCC2=O)c1. The molecule has 5 N–H and O–H groups in total. The van der Waals surface area contributed by atoms with Crippen LogP contribution in [0.2, 0.25) is 0 Å². The average molecular weight is 592 g/mol. The molecule has 1 saturated heterocycles. The van der Waals surface area contributed by atoms with Crippen molar-refractivity contribution in [1.82, 2.24) is 16.0 Å². The molecule has 43 heavy (non-hydrogen) atoms.